The summed E-state index contributed by atoms with van der Waals surface area (Å²) >= 11 is 0. The minimum absolute atomic E-state index is 0.0593. The SMILES string of the molecule is CCS(=O)(=O)Nc1ccc(C)n(CC(=O)N(C)Cc2ccccc2)c1=O. The minimum atomic E-state index is -3.57. The van der Waals surface area contributed by atoms with E-state index in [1.807, 2.05) is 30.3 Å². The van der Waals surface area contributed by atoms with Gasteiger partial charge in [0.25, 0.3) is 5.56 Å². The number of pyridine rings is 1. The molecule has 1 aromatic carbocycles. The number of sulfonamides is 1. The summed E-state index contributed by atoms with van der Waals surface area (Å²) in [6.07, 6.45) is 0. The van der Waals surface area contributed by atoms with Crippen molar-refractivity contribution in [1.29, 1.82) is 0 Å². The van der Waals surface area contributed by atoms with Crippen molar-refractivity contribution in [2.24, 2.45) is 0 Å². The second kappa shape index (κ2) is 8.18. The highest BCUT2D eigenvalue weighted by Crippen LogP contribution is 2.08. The van der Waals surface area contributed by atoms with Gasteiger partial charge in [-0.3, -0.25) is 14.3 Å². The van der Waals surface area contributed by atoms with Crippen LogP contribution in [0.3, 0.4) is 0 Å². The molecule has 0 spiro atoms. The van der Waals surface area contributed by atoms with E-state index in [4.69, 9.17) is 0 Å². The van der Waals surface area contributed by atoms with Crippen LogP contribution in [0.2, 0.25) is 0 Å². The van der Waals surface area contributed by atoms with Crippen LogP contribution in [0, 0.1) is 6.92 Å². The van der Waals surface area contributed by atoms with E-state index in [-0.39, 0.29) is 23.9 Å². The lowest BCUT2D eigenvalue weighted by Gasteiger charge is -2.19. The smallest absolute Gasteiger partial charge is 0.275 e. The first-order valence-corrected chi connectivity index (χ1v) is 9.87. The summed E-state index contributed by atoms with van der Waals surface area (Å²) in [5, 5.41) is 0. The van der Waals surface area contributed by atoms with Crippen molar-refractivity contribution >= 4 is 21.6 Å². The molecule has 26 heavy (non-hydrogen) atoms. The highest BCUT2D eigenvalue weighted by Gasteiger charge is 2.16. The normalized spacial score (nSPS) is 11.2. The molecule has 2 rings (SSSR count). The lowest BCUT2D eigenvalue weighted by atomic mass is 10.2. The standard InChI is InChI=1S/C18H23N3O4S/c1-4-26(24,25)19-16-11-10-14(2)21(18(16)23)13-17(22)20(3)12-15-8-6-5-7-9-15/h5-11,19H,4,12-13H2,1-3H3. The summed E-state index contributed by atoms with van der Waals surface area (Å²) in [5.74, 6) is -0.381. The van der Waals surface area contributed by atoms with Gasteiger partial charge in [-0.25, -0.2) is 8.42 Å². The third-order valence-corrected chi connectivity index (χ3v) is 5.31. The number of amides is 1. The molecule has 1 aromatic heterocycles. The van der Waals surface area contributed by atoms with E-state index in [0.29, 0.717) is 12.2 Å². The molecule has 1 N–H and O–H groups in total. The first-order valence-electron chi connectivity index (χ1n) is 8.22. The number of carbonyl (C=O) groups excluding carboxylic acids is 1. The van der Waals surface area contributed by atoms with Gasteiger partial charge in [0.05, 0.1) is 5.75 Å². The summed E-state index contributed by atoms with van der Waals surface area (Å²) < 4.78 is 27.0. The second-order valence-electron chi connectivity index (χ2n) is 6.02. The number of hydrogen-bond donors (Lipinski definition) is 1. The Balaban J connectivity index is 2.20. The summed E-state index contributed by atoms with van der Waals surface area (Å²) in [5.41, 5.74) is 0.965. The number of rotatable bonds is 7. The van der Waals surface area contributed by atoms with Gasteiger partial charge in [0.15, 0.2) is 0 Å². The summed E-state index contributed by atoms with van der Waals surface area (Å²) in [7, 11) is -1.90. The molecule has 1 amide bonds. The number of carbonyl (C=O) groups is 1. The zero-order chi connectivity index (χ0) is 19.3. The van der Waals surface area contributed by atoms with Crippen molar-refractivity contribution in [3.05, 3.63) is 64.1 Å². The second-order valence-corrected chi connectivity index (χ2v) is 8.03. The average Bonchev–Trinajstić information content (AvgIpc) is 2.61. The fourth-order valence-corrected chi connectivity index (χ4v) is 3.02. The van der Waals surface area contributed by atoms with Gasteiger partial charge in [-0.2, -0.15) is 0 Å². The van der Waals surface area contributed by atoms with Crippen LogP contribution in [0.5, 0.6) is 0 Å². The fourth-order valence-electron chi connectivity index (χ4n) is 2.39. The third-order valence-electron chi connectivity index (χ3n) is 4.02. The van der Waals surface area contributed by atoms with Crippen LogP contribution in [0.15, 0.2) is 47.3 Å². The number of nitrogens with zero attached hydrogens (tertiary/aromatic N) is 2. The molecule has 7 nitrogen and oxygen atoms in total. The maximum Gasteiger partial charge on any atom is 0.275 e. The third kappa shape index (κ3) is 4.95. The van der Waals surface area contributed by atoms with Crippen molar-refractivity contribution in [3.63, 3.8) is 0 Å². The Bertz CT molecular complexity index is 937. The minimum Gasteiger partial charge on any atom is -0.340 e. The van der Waals surface area contributed by atoms with Crippen LogP contribution < -0.4 is 10.3 Å². The summed E-state index contributed by atoms with van der Waals surface area (Å²) in [6.45, 7) is 3.45. The monoisotopic (exact) mass is 377 g/mol. The fraction of sp³-hybridized carbons (Fsp3) is 0.333. The van der Waals surface area contributed by atoms with Gasteiger partial charge in [-0.15, -0.1) is 0 Å². The van der Waals surface area contributed by atoms with E-state index < -0.39 is 15.6 Å². The molecule has 0 aliphatic heterocycles. The molecule has 8 heteroatoms. The van der Waals surface area contributed by atoms with Crippen LogP contribution in [-0.2, 0) is 27.9 Å². The van der Waals surface area contributed by atoms with Crippen molar-refractivity contribution in [2.75, 3.05) is 17.5 Å². The Morgan fingerprint density at radius 2 is 1.81 bits per heavy atom. The number of aryl methyl sites for hydroxylation is 1. The topological polar surface area (TPSA) is 88.5 Å². The highest BCUT2D eigenvalue weighted by molar-refractivity contribution is 7.92. The molecule has 0 aliphatic carbocycles. The van der Waals surface area contributed by atoms with E-state index >= 15 is 0 Å². The average molecular weight is 377 g/mol. The van der Waals surface area contributed by atoms with E-state index in [1.54, 1.807) is 20.0 Å². The lowest BCUT2D eigenvalue weighted by molar-refractivity contribution is -0.131. The van der Waals surface area contributed by atoms with Gasteiger partial charge in [-0.05, 0) is 31.5 Å². The number of hydrogen-bond acceptors (Lipinski definition) is 4. The predicted octanol–water partition coefficient (Wildman–Crippen LogP) is 1.58. The number of aromatic nitrogens is 1. The van der Waals surface area contributed by atoms with Crippen molar-refractivity contribution < 1.29 is 13.2 Å². The highest BCUT2D eigenvalue weighted by atomic mass is 32.2. The summed E-state index contributed by atoms with van der Waals surface area (Å²) in [6, 6.07) is 12.6. The molecule has 0 saturated heterocycles. The lowest BCUT2D eigenvalue weighted by Crippen LogP contribution is -2.35. The van der Waals surface area contributed by atoms with E-state index in [1.165, 1.54) is 22.5 Å². The van der Waals surface area contributed by atoms with E-state index in [2.05, 4.69) is 4.72 Å². The quantitative estimate of drug-likeness (QED) is 0.793. The molecule has 0 saturated carbocycles. The van der Waals surface area contributed by atoms with Crippen LogP contribution in [-0.4, -0.2) is 36.6 Å². The Labute approximate surface area is 153 Å². The molecular weight excluding hydrogens is 354 g/mol. The largest absolute Gasteiger partial charge is 0.340 e. The van der Waals surface area contributed by atoms with E-state index in [0.717, 1.165) is 5.56 Å². The zero-order valence-electron chi connectivity index (χ0n) is 15.1. The van der Waals surface area contributed by atoms with Crippen LogP contribution in [0.4, 0.5) is 5.69 Å². The van der Waals surface area contributed by atoms with Crippen LogP contribution >= 0.6 is 0 Å². The maximum atomic E-state index is 12.6. The molecule has 0 unspecified atom stereocenters. The van der Waals surface area contributed by atoms with Gasteiger partial charge in [0.2, 0.25) is 15.9 Å². The van der Waals surface area contributed by atoms with Crippen molar-refractivity contribution in [2.45, 2.75) is 26.9 Å². The molecule has 0 bridgehead atoms. The van der Waals surface area contributed by atoms with Gasteiger partial charge in [-0.1, -0.05) is 30.3 Å². The molecule has 0 fully saturated rings. The molecule has 1 heterocycles. The first-order chi connectivity index (χ1) is 12.2. The first kappa shape index (κ1) is 19.7. The predicted molar refractivity (Wildman–Crippen MR) is 101 cm³/mol. The summed E-state index contributed by atoms with van der Waals surface area (Å²) in [4.78, 5) is 26.6. The Kier molecular flexibility index (Phi) is 6.20. The Morgan fingerprint density at radius 1 is 1.15 bits per heavy atom. The molecule has 0 aliphatic rings. The number of likely N-dealkylation sites (N-methyl/N-ethyl adjacent to an activating group) is 1. The van der Waals surface area contributed by atoms with Gasteiger partial charge in [0, 0.05) is 19.3 Å². The molecule has 2 aromatic rings. The van der Waals surface area contributed by atoms with Crippen LogP contribution in [0.25, 0.3) is 0 Å². The zero-order valence-corrected chi connectivity index (χ0v) is 15.9. The number of anilines is 1. The van der Waals surface area contributed by atoms with E-state index in [9.17, 15) is 18.0 Å². The Hall–Kier alpha value is -2.61. The molecular formula is C18H23N3O4S. The number of benzene rings is 1. The maximum absolute atomic E-state index is 12.6. The molecule has 0 radical (unpaired) electrons. The van der Waals surface area contributed by atoms with Gasteiger partial charge >= 0.3 is 0 Å². The van der Waals surface area contributed by atoms with Crippen LogP contribution in [0.1, 0.15) is 18.2 Å². The number of nitrogens with one attached hydrogen (secondary N) is 1. The molecule has 140 valence electrons. The van der Waals surface area contributed by atoms with Crippen molar-refractivity contribution in [1.82, 2.24) is 9.47 Å². The van der Waals surface area contributed by atoms with Gasteiger partial charge < -0.3 is 9.47 Å². The van der Waals surface area contributed by atoms with Gasteiger partial charge in [0.1, 0.15) is 12.2 Å². The van der Waals surface area contributed by atoms with Crippen molar-refractivity contribution in [3.8, 4) is 0 Å². The Morgan fingerprint density at radius 3 is 2.42 bits per heavy atom. The molecule has 0 atom stereocenters.